The van der Waals surface area contributed by atoms with Crippen molar-refractivity contribution in [2.45, 2.75) is 57.9 Å². The molecular weight excluding hydrogens is 200 g/mol. The maximum Gasteiger partial charge on any atom is 0.183 e. The average Bonchev–Trinajstić information content (AvgIpc) is 2.08. The zero-order valence-electron chi connectivity index (χ0n) is 9.29. The molecule has 5 heteroatoms. The average molecular weight is 220 g/mol. The fraction of sp³-hybridized carbons (Fsp3) is 1.00. The van der Waals surface area contributed by atoms with Crippen LogP contribution in [0.5, 0.6) is 0 Å². The van der Waals surface area contributed by atoms with Gasteiger partial charge in [-0.05, 0) is 11.8 Å². The summed E-state index contributed by atoms with van der Waals surface area (Å²) >= 11 is 0. The van der Waals surface area contributed by atoms with Gasteiger partial charge in [-0.1, -0.05) is 20.8 Å². The largest absolute Gasteiger partial charge is 0.388 e. The van der Waals surface area contributed by atoms with E-state index in [1.807, 2.05) is 20.8 Å². The van der Waals surface area contributed by atoms with E-state index in [0.717, 1.165) is 0 Å². The molecule has 0 spiro atoms. The summed E-state index contributed by atoms with van der Waals surface area (Å²) in [6, 6.07) is 0. The first-order chi connectivity index (χ1) is 6.72. The summed E-state index contributed by atoms with van der Waals surface area (Å²) in [4.78, 5) is 0. The Labute approximate surface area is 89.3 Å². The Bertz CT molecular complexity index is 212. The fourth-order valence-electron chi connectivity index (χ4n) is 1.70. The van der Waals surface area contributed by atoms with Gasteiger partial charge in [0, 0.05) is 0 Å². The van der Waals surface area contributed by atoms with E-state index < -0.39 is 30.7 Å². The topological polar surface area (TPSA) is 90.2 Å². The highest BCUT2D eigenvalue weighted by molar-refractivity contribution is 4.90. The van der Waals surface area contributed by atoms with Crippen LogP contribution in [0.15, 0.2) is 0 Å². The molecule has 0 aromatic rings. The maximum atomic E-state index is 9.64. The van der Waals surface area contributed by atoms with E-state index in [2.05, 4.69) is 0 Å². The Morgan fingerprint density at radius 2 is 1.47 bits per heavy atom. The van der Waals surface area contributed by atoms with Gasteiger partial charge in [-0.2, -0.15) is 0 Å². The van der Waals surface area contributed by atoms with Crippen LogP contribution in [0, 0.1) is 5.41 Å². The number of hydrogen-bond acceptors (Lipinski definition) is 5. The second-order valence-corrected chi connectivity index (χ2v) is 5.30. The molecule has 0 aromatic heterocycles. The molecule has 1 aliphatic heterocycles. The zero-order valence-corrected chi connectivity index (χ0v) is 9.29. The van der Waals surface area contributed by atoms with Gasteiger partial charge in [-0.25, -0.2) is 0 Å². The molecule has 5 atom stereocenters. The van der Waals surface area contributed by atoms with Crippen LogP contribution in [-0.2, 0) is 4.74 Å². The van der Waals surface area contributed by atoms with E-state index in [0.29, 0.717) is 6.42 Å². The van der Waals surface area contributed by atoms with Crippen LogP contribution in [-0.4, -0.2) is 51.1 Å². The van der Waals surface area contributed by atoms with Gasteiger partial charge in [0.05, 0.1) is 6.10 Å². The van der Waals surface area contributed by atoms with E-state index in [-0.39, 0.29) is 5.41 Å². The normalized spacial score (nSPS) is 43.0. The van der Waals surface area contributed by atoms with Crippen LogP contribution in [0.3, 0.4) is 0 Å². The first-order valence-electron chi connectivity index (χ1n) is 5.10. The second kappa shape index (κ2) is 4.35. The Kier molecular flexibility index (Phi) is 3.73. The van der Waals surface area contributed by atoms with Crippen molar-refractivity contribution in [2.24, 2.45) is 5.41 Å². The molecule has 1 rings (SSSR count). The maximum absolute atomic E-state index is 9.64. The predicted octanol–water partition coefficient (Wildman–Crippen LogP) is -0.778. The van der Waals surface area contributed by atoms with Gasteiger partial charge in [0.1, 0.15) is 18.3 Å². The molecule has 0 aromatic carbocycles. The van der Waals surface area contributed by atoms with Gasteiger partial charge in [-0.15, -0.1) is 0 Å². The van der Waals surface area contributed by atoms with Crippen LogP contribution in [0.2, 0.25) is 0 Å². The van der Waals surface area contributed by atoms with Crippen molar-refractivity contribution in [1.82, 2.24) is 0 Å². The van der Waals surface area contributed by atoms with Gasteiger partial charge in [0.25, 0.3) is 0 Å². The Morgan fingerprint density at radius 3 is 1.93 bits per heavy atom. The van der Waals surface area contributed by atoms with Crippen molar-refractivity contribution in [3.63, 3.8) is 0 Å². The zero-order chi connectivity index (χ0) is 11.8. The molecule has 0 amide bonds. The molecular formula is C10H20O5. The molecule has 90 valence electrons. The fourth-order valence-corrected chi connectivity index (χ4v) is 1.70. The molecule has 1 fully saturated rings. The smallest absolute Gasteiger partial charge is 0.183 e. The minimum Gasteiger partial charge on any atom is -0.388 e. The predicted molar refractivity (Wildman–Crippen MR) is 53.0 cm³/mol. The highest BCUT2D eigenvalue weighted by Gasteiger charge is 2.43. The Hall–Kier alpha value is -0.200. The van der Waals surface area contributed by atoms with Gasteiger partial charge < -0.3 is 25.2 Å². The third-order valence-electron chi connectivity index (χ3n) is 2.50. The standard InChI is InChI=1S/C10H20O5/c1-10(2,3)4-5-6(11)7(12)8(13)9(14)15-5/h5-9,11-14H,4H2,1-3H3. The van der Waals surface area contributed by atoms with Crippen LogP contribution in [0.4, 0.5) is 0 Å². The summed E-state index contributed by atoms with van der Waals surface area (Å²) in [5, 5.41) is 37.6. The van der Waals surface area contributed by atoms with Gasteiger partial charge in [0.15, 0.2) is 6.29 Å². The lowest BCUT2D eigenvalue weighted by atomic mass is 9.84. The molecule has 5 nitrogen and oxygen atoms in total. The lowest BCUT2D eigenvalue weighted by molar-refractivity contribution is -0.285. The van der Waals surface area contributed by atoms with Crippen LogP contribution >= 0.6 is 0 Å². The molecule has 1 saturated heterocycles. The van der Waals surface area contributed by atoms with E-state index in [4.69, 9.17) is 4.74 Å². The molecule has 0 bridgehead atoms. The van der Waals surface area contributed by atoms with Crippen molar-refractivity contribution in [3.05, 3.63) is 0 Å². The van der Waals surface area contributed by atoms with Crippen LogP contribution in [0.1, 0.15) is 27.2 Å². The number of hydrogen-bond donors (Lipinski definition) is 4. The van der Waals surface area contributed by atoms with Crippen molar-refractivity contribution in [2.75, 3.05) is 0 Å². The molecule has 15 heavy (non-hydrogen) atoms. The van der Waals surface area contributed by atoms with Crippen molar-refractivity contribution in [3.8, 4) is 0 Å². The lowest BCUT2D eigenvalue weighted by Crippen LogP contribution is -2.58. The summed E-state index contributed by atoms with van der Waals surface area (Å²) < 4.78 is 5.05. The molecule has 0 aliphatic carbocycles. The minimum absolute atomic E-state index is 0.0899. The summed E-state index contributed by atoms with van der Waals surface area (Å²) in [5.41, 5.74) is -0.0899. The molecule has 4 N–H and O–H groups in total. The van der Waals surface area contributed by atoms with E-state index in [9.17, 15) is 20.4 Å². The van der Waals surface area contributed by atoms with Crippen LogP contribution < -0.4 is 0 Å². The van der Waals surface area contributed by atoms with Crippen molar-refractivity contribution >= 4 is 0 Å². The molecule has 1 aliphatic rings. The SMILES string of the molecule is CC(C)(C)CC1OC(O)C(O)C(O)C1O. The number of rotatable bonds is 1. The van der Waals surface area contributed by atoms with Crippen molar-refractivity contribution in [1.29, 1.82) is 0 Å². The van der Waals surface area contributed by atoms with E-state index in [1.165, 1.54) is 0 Å². The highest BCUT2D eigenvalue weighted by Crippen LogP contribution is 2.29. The van der Waals surface area contributed by atoms with Crippen molar-refractivity contribution < 1.29 is 25.2 Å². The second-order valence-electron chi connectivity index (χ2n) is 5.30. The quantitative estimate of drug-likeness (QED) is 0.465. The van der Waals surface area contributed by atoms with Gasteiger partial charge in [-0.3, -0.25) is 0 Å². The monoisotopic (exact) mass is 220 g/mol. The highest BCUT2D eigenvalue weighted by atomic mass is 16.6. The number of ether oxygens (including phenoxy) is 1. The first-order valence-corrected chi connectivity index (χ1v) is 5.10. The molecule has 0 saturated carbocycles. The van der Waals surface area contributed by atoms with E-state index >= 15 is 0 Å². The molecule has 0 radical (unpaired) electrons. The molecule has 5 unspecified atom stereocenters. The summed E-state index contributed by atoms with van der Waals surface area (Å²) in [5.74, 6) is 0. The molecule has 1 heterocycles. The lowest BCUT2D eigenvalue weighted by Gasteiger charge is -2.40. The summed E-state index contributed by atoms with van der Waals surface area (Å²) in [6.07, 6.45) is -5.57. The Morgan fingerprint density at radius 1 is 0.933 bits per heavy atom. The van der Waals surface area contributed by atoms with E-state index in [1.54, 1.807) is 0 Å². The number of aliphatic hydroxyl groups excluding tert-OH is 4. The summed E-state index contributed by atoms with van der Waals surface area (Å²) in [7, 11) is 0. The van der Waals surface area contributed by atoms with Gasteiger partial charge in [0.2, 0.25) is 0 Å². The summed E-state index contributed by atoms with van der Waals surface area (Å²) in [6.45, 7) is 5.90. The Balaban J connectivity index is 2.67. The van der Waals surface area contributed by atoms with Crippen LogP contribution in [0.25, 0.3) is 0 Å². The number of aliphatic hydroxyl groups is 4. The van der Waals surface area contributed by atoms with Gasteiger partial charge >= 0.3 is 0 Å². The third-order valence-corrected chi connectivity index (χ3v) is 2.50. The first kappa shape index (κ1) is 12.9. The third kappa shape index (κ3) is 3.12. The minimum atomic E-state index is -1.45.